The molecule has 0 aliphatic heterocycles. The van der Waals surface area contributed by atoms with E-state index in [0.29, 0.717) is 0 Å². The number of hydrogen-bond acceptors (Lipinski definition) is 2. The number of nitrogens with two attached hydrogens (primary N) is 1. The topological polar surface area (TPSA) is 38.9 Å². The summed E-state index contributed by atoms with van der Waals surface area (Å²) in [5.74, 6) is 0. The van der Waals surface area contributed by atoms with E-state index < -0.39 is 0 Å². The van der Waals surface area contributed by atoms with Gasteiger partial charge in [-0.3, -0.25) is 4.98 Å². The first kappa shape index (κ1) is 9.93. The maximum absolute atomic E-state index is 5.97. The molecule has 1 heterocycles. The third-order valence-electron chi connectivity index (χ3n) is 2.12. The molecule has 1 aromatic heterocycles. The van der Waals surface area contributed by atoms with Gasteiger partial charge in [-0.05, 0) is 24.5 Å². The molecule has 0 radical (unpaired) electrons. The van der Waals surface area contributed by atoms with Crippen molar-refractivity contribution in [2.75, 3.05) is 0 Å². The Hall–Kier alpha value is -1.15. The van der Waals surface area contributed by atoms with Gasteiger partial charge in [0.25, 0.3) is 0 Å². The largest absolute Gasteiger partial charge is 0.324 e. The third-order valence-corrected chi connectivity index (χ3v) is 2.12. The van der Waals surface area contributed by atoms with Gasteiger partial charge in [0.05, 0.1) is 0 Å². The second-order valence-corrected chi connectivity index (χ2v) is 3.20. The normalized spacial score (nSPS) is 12.5. The lowest BCUT2D eigenvalue weighted by Crippen LogP contribution is -2.10. The van der Waals surface area contributed by atoms with E-state index in [9.17, 15) is 0 Å². The van der Waals surface area contributed by atoms with Crippen molar-refractivity contribution in [2.24, 2.45) is 5.73 Å². The Balaban J connectivity index is 2.59. The van der Waals surface area contributed by atoms with Crippen LogP contribution in [0.1, 0.15) is 31.4 Å². The predicted molar refractivity (Wildman–Crippen MR) is 55.2 cm³/mol. The lowest BCUT2D eigenvalue weighted by molar-refractivity contribution is 0.698. The number of hydrogen-bond donors (Lipinski definition) is 1. The van der Waals surface area contributed by atoms with Gasteiger partial charge in [-0.15, -0.1) is 0 Å². The molecule has 0 saturated heterocycles. The Morgan fingerprint density at radius 1 is 1.69 bits per heavy atom. The second kappa shape index (κ2) is 4.77. The molecule has 0 bridgehead atoms. The molecule has 1 rings (SSSR count). The van der Waals surface area contributed by atoms with Gasteiger partial charge in [-0.25, -0.2) is 0 Å². The van der Waals surface area contributed by atoms with Crippen LogP contribution < -0.4 is 5.73 Å². The SMILES string of the molecule is C=C(CC)CC(N)c1cccnc1. The van der Waals surface area contributed by atoms with Crippen molar-refractivity contribution in [1.29, 1.82) is 0 Å². The van der Waals surface area contributed by atoms with Gasteiger partial charge in [-0.2, -0.15) is 0 Å². The van der Waals surface area contributed by atoms with Gasteiger partial charge in [0.1, 0.15) is 0 Å². The molecule has 0 spiro atoms. The van der Waals surface area contributed by atoms with Crippen LogP contribution in [0.2, 0.25) is 0 Å². The molecule has 1 aromatic rings. The minimum absolute atomic E-state index is 0.0427. The molecule has 0 saturated carbocycles. The smallest absolute Gasteiger partial charge is 0.0347 e. The fourth-order valence-electron chi connectivity index (χ4n) is 1.17. The minimum atomic E-state index is 0.0427. The first-order valence-electron chi connectivity index (χ1n) is 4.56. The van der Waals surface area contributed by atoms with Crippen molar-refractivity contribution < 1.29 is 0 Å². The van der Waals surface area contributed by atoms with Crippen LogP contribution in [0.3, 0.4) is 0 Å². The molecular weight excluding hydrogens is 160 g/mol. The second-order valence-electron chi connectivity index (χ2n) is 3.20. The van der Waals surface area contributed by atoms with Crippen molar-refractivity contribution in [2.45, 2.75) is 25.8 Å². The fraction of sp³-hybridized carbons (Fsp3) is 0.364. The summed E-state index contributed by atoms with van der Waals surface area (Å²) < 4.78 is 0. The van der Waals surface area contributed by atoms with E-state index in [-0.39, 0.29) is 6.04 Å². The average molecular weight is 176 g/mol. The van der Waals surface area contributed by atoms with E-state index in [1.807, 2.05) is 18.3 Å². The van der Waals surface area contributed by atoms with Crippen LogP contribution in [-0.2, 0) is 0 Å². The van der Waals surface area contributed by atoms with Crippen LogP contribution in [0.15, 0.2) is 36.7 Å². The summed E-state index contributed by atoms with van der Waals surface area (Å²) >= 11 is 0. The van der Waals surface area contributed by atoms with Gasteiger partial charge in [0.2, 0.25) is 0 Å². The van der Waals surface area contributed by atoms with E-state index in [0.717, 1.165) is 18.4 Å². The van der Waals surface area contributed by atoms with Crippen LogP contribution in [-0.4, -0.2) is 4.98 Å². The number of pyridine rings is 1. The summed E-state index contributed by atoms with van der Waals surface area (Å²) in [5, 5.41) is 0. The molecule has 2 N–H and O–H groups in total. The van der Waals surface area contributed by atoms with Crippen molar-refractivity contribution in [3.8, 4) is 0 Å². The molecule has 2 nitrogen and oxygen atoms in total. The molecule has 13 heavy (non-hydrogen) atoms. The van der Waals surface area contributed by atoms with E-state index in [4.69, 9.17) is 5.73 Å². The zero-order chi connectivity index (χ0) is 9.68. The van der Waals surface area contributed by atoms with Crippen molar-refractivity contribution in [1.82, 2.24) is 4.98 Å². The summed E-state index contributed by atoms with van der Waals surface area (Å²) in [6.07, 6.45) is 5.41. The zero-order valence-corrected chi connectivity index (χ0v) is 8.03. The summed E-state index contributed by atoms with van der Waals surface area (Å²) in [6, 6.07) is 3.95. The number of aromatic nitrogens is 1. The molecule has 1 atom stereocenters. The lowest BCUT2D eigenvalue weighted by atomic mass is 10.0. The highest BCUT2D eigenvalue weighted by atomic mass is 14.7. The number of rotatable bonds is 4. The van der Waals surface area contributed by atoms with Crippen molar-refractivity contribution in [3.63, 3.8) is 0 Å². The molecular formula is C11H16N2. The van der Waals surface area contributed by atoms with E-state index in [2.05, 4.69) is 18.5 Å². The standard InChI is InChI=1S/C11H16N2/c1-3-9(2)7-11(12)10-5-4-6-13-8-10/h4-6,8,11H,2-3,7,12H2,1H3. The predicted octanol–water partition coefficient (Wildman–Crippen LogP) is 2.44. The molecule has 0 amide bonds. The Kier molecular flexibility index (Phi) is 3.65. The van der Waals surface area contributed by atoms with Gasteiger partial charge in [-0.1, -0.05) is 25.1 Å². The summed E-state index contributed by atoms with van der Waals surface area (Å²) in [6.45, 7) is 6.03. The number of nitrogens with zero attached hydrogens (tertiary/aromatic N) is 1. The van der Waals surface area contributed by atoms with Gasteiger partial charge in [0.15, 0.2) is 0 Å². The molecule has 0 fully saturated rings. The molecule has 70 valence electrons. The monoisotopic (exact) mass is 176 g/mol. The Morgan fingerprint density at radius 3 is 3.00 bits per heavy atom. The molecule has 2 heteroatoms. The maximum Gasteiger partial charge on any atom is 0.0347 e. The minimum Gasteiger partial charge on any atom is -0.324 e. The van der Waals surface area contributed by atoms with Crippen LogP contribution in [0.4, 0.5) is 0 Å². The highest BCUT2D eigenvalue weighted by Gasteiger charge is 2.05. The van der Waals surface area contributed by atoms with Crippen molar-refractivity contribution in [3.05, 3.63) is 42.2 Å². The highest BCUT2D eigenvalue weighted by Crippen LogP contribution is 2.17. The summed E-state index contributed by atoms with van der Waals surface area (Å²) in [5.41, 5.74) is 8.24. The maximum atomic E-state index is 5.97. The fourth-order valence-corrected chi connectivity index (χ4v) is 1.17. The Bertz CT molecular complexity index is 267. The molecule has 0 aromatic carbocycles. The van der Waals surface area contributed by atoms with Gasteiger partial charge < -0.3 is 5.73 Å². The van der Waals surface area contributed by atoms with Crippen LogP contribution in [0, 0.1) is 0 Å². The quantitative estimate of drug-likeness (QED) is 0.716. The van der Waals surface area contributed by atoms with Crippen molar-refractivity contribution >= 4 is 0 Å². The van der Waals surface area contributed by atoms with Crippen LogP contribution in [0.5, 0.6) is 0 Å². The van der Waals surface area contributed by atoms with Crippen LogP contribution >= 0.6 is 0 Å². The Morgan fingerprint density at radius 2 is 2.46 bits per heavy atom. The zero-order valence-electron chi connectivity index (χ0n) is 8.03. The Labute approximate surface area is 79.5 Å². The van der Waals surface area contributed by atoms with E-state index in [1.165, 1.54) is 5.57 Å². The molecule has 0 aliphatic rings. The summed E-state index contributed by atoms with van der Waals surface area (Å²) in [4.78, 5) is 4.03. The van der Waals surface area contributed by atoms with Crippen LogP contribution in [0.25, 0.3) is 0 Å². The van der Waals surface area contributed by atoms with Gasteiger partial charge in [0, 0.05) is 18.4 Å². The molecule has 1 unspecified atom stereocenters. The summed E-state index contributed by atoms with van der Waals surface area (Å²) in [7, 11) is 0. The lowest BCUT2D eigenvalue weighted by Gasteiger charge is -2.11. The highest BCUT2D eigenvalue weighted by molar-refractivity contribution is 5.15. The first-order valence-corrected chi connectivity index (χ1v) is 4.56. The first-order chi connectivity index (χ1) is 6.24. The van der Waals surface area contributed by atoms with E-state index in [1.54, 1.807) is 6.20 Å². The molecule has 0 aliphatic carbocycles. The average Bonchev–Trinajstić information content (AvgIpc) is 2.19. The van der Waals surface area contributed by atoms with Gasteiger partial charge >= 0.3 is 0 Å². The van der Waals surface area contributed by atoms with E-state index >= 15 is 0 Å². The third kappa shape index (κ3) is 2.99.